The van der Waals surface area contributed by atoms with Crippen molar-refractivity contribution in [1.82, 2.24) is 0 Å². The first-order chi connectivity index (χ1) is 13.7. The van der Waals surface area contributed by atoms with Crippen LogP contribution in [-0.4, -0.2) is 11.1 Å². The van der Waals surface area contributed by atoms with Gasteiger partial charge in [0.25, 0.3) is 0 Å². The topological polar surface area (TPSA) is 46.5 Å². The average molecular weight is 386 g/mol. The Morgan fingerprint density at radius 1 is 0.931 bits per heavy atom. The van der Waals surface area contributed by atoms with Crippen LogP contribution in [0.2, 0.25) is 0 Å². The van der Waals surface area contributed by atoms with Crippen molar-refractivity contribution in [2.45, 2.75) is 33.1 Å². The van der Waals surface area contributed by atoms with Crippen molar-refractivity contribution in [3.05, 3.63) is 89.5 Å². The van der Waals surface area contributed by atoms with Crippen molar-refractivity contribution in [3.8, 4) is 22.6 Å². The minimum atomic E-state index is -0.992. The van der Waals surface area contributed by atoms with Crippen molar-refractivity contribution in [2.75, 3.05) is 0 Å². The molecular formula is C26H26O3. The summed E-state index contributed by atoms with van der Waals surface area (Å²) in [7, 11) is 0. The molecule has 29 heavy (non-hydrogen) atoms. The summed E-state index contributed by atoms with van der Waals surface area (Å²) < 4.78 is 6.22. The minimum absolute atomic E-state index is 0.00908. The first-order valence-corrected chi connectivity index (χ1v) is 9.63. The van der Waals surface area contributed by atoms with Crippen molar-refractivity contribution in [2.24, 2.45) is 0 Å². The smallest absolute Gasteiger partial charge is 0.328 e. The lowest BCUT2D eigenvalue weighted by Crippen LogP contribution is -2.10. The number of benzene rings is 3. The number of carbonyl (C=O) groups is 1. The van der Waals surface area contributed by atoms with Crippen molar-refractivity contribution in [1.29, 1.82) is 0 Å². The van der Waals surface area contributed by atoms with Crippen LogP contribution in [0.5, 0.6) is 11.5 Å². The molecule has 0 radical (unpaired) electrons. The Kier molecular flexibility index (Phi) is 5.88. The normalized spacial score (nSPS) is 11.6. The molecular weight excluding hydrogens is 360 g/mol. The summed E-state index contributed by atoms with van der Waals surface area (Å²) in [6, 6.07) is 22.1. The van der Waals surface area contributed by atoms with E-state index in [0.29, 0.717) is 11.3 Å². The van der Waals surface area contributed by atoms with Gasteiger partial charge in [-0.05, 0) is 53.3 Å². The van der Waals surface area contributed by atoms with Crippen molar-refractivity contribution >= 4 is 12.0 Å². The largest absolute Gasteiger partial charge is 0.478 e. The summed E-state index contributed by atoms with van der Waals surface area (Å²) >= 11 is 0. The molecule has 1 N–H and O–H groups in total. The second-order valence-corrected chi connectivity index (χ2v) is 8.17. The highest BCUT2D eigenvalue weighted by molar-refractivity contribution is 5.86. The van der Waals surface area contributed by atoms with E-state index in [4.69, 9.17) is 9.84 Å². The van der Waals surface area contributed by atoms with E-state index in [1.54, 1.807) is 6.08 Å². The predicted molar refractivity (Wildman–Crippen MR) is 119 cm³/mol. The minimum Gasteiger partial charge on any atom is -0.478 e. The Hall–Kier alpha value is -3.33. The van der Waals surface area contributed by atoms with Gasteiger partial charge in [-0.3, -0.25) is 0 Å². The van der Waals surface area contributed by atoms with Crippen molar-refractivity contribution < 1.29 is 14.6 Å². The van der Waals surface area contributed by atoms with Gasteiger partial charge in [-0.1, -0.05) is 74.9 Å². The maximum absolute atomic E-state index is 11.0. The molecule has 0 aliphatic rings. The summed E-state index contributed by atoms with van der Waals surface area (Å²) in [6.45, 7) is 8.53. The number of aliphatic carboxylic acids is 1. The fourth-order valence-electron chi connectivity index (χ4n) is 3.00. The summed E-state index contributed by atoms with van der Waals surface area (Å²) in [5, 5.41) is 9.01. The van der Waals surface area contributed by atoms with Gasteiger partial charge in [-0.2, -0.15) is 0 Å². The van der Waals surface area contributed by atoms with Crippen LogP contribution in [0, 0.1) is 6.92 Å². The molecule has 0 atom stereocenters. The van der Waals surface area contributed by atoms with Crippen LogP contribution in [0.4, 0.5) is 0 Å². The summed E-state index contributed by atoms with van der Waals surface area (Å²) in [6.07, 6.45) is 2.68. The first-order valence-electron chi connectivity index (χ1n) is 9.63. The molecule has 0 aliphatic carbocycles. The van der Waals surface area contributed by atoms with Gasteiger partial charge in [0.1, 0.15) is 11.5 Å². The van der Waals surface area contributed by atoms with Crippen LogP contribution in [0.15, 0.2) is 72.8 Å². The maximum atomic E-state index is 11.0. The predicted octanol–water partition coefficient (Wildman–Crippen LogP) is 6.85. The Morgan fingerprint density at radius 3 is 2.28 bits per heavy atom. The number of aryl methyl sites for hydroxylation is 1. The van der Waals surface area contributed by atoms with Crippen LogP contribution in [0.1, 0.15) is 37.5 Å². The SMILES string of the molecule is Cc1ccc(-c2ccc(/C=C\C(=O)O)c(Oc3cccc(C(C)(C)C)c3)c2)cc1. The number of rotatable bonds is 5. The summed E-state index contributed by atoms with van der Waals surface area (Å²) in [5.41, 5.74) is 5.19. The van der Waals surface area contributed by atoms with E-state index < -0.39 is 5.97 Å². The lowest BCUT2D eigenvalue weighted by molar-refractivity contribution is -0.131. The molecule has 3 aromatic carbocycles. The van der Waals surface area contributed by atoms with Crippen LogP contribution in [0.25, 0.3) is 17.2 Å². The quantitative estimate of drug-likeness (QED) is 0.488. The molecule has 3 nitrogen and oxygen atoms in total. The van der Waals surface area contributed by atoms with Gasteiger partial charge in [0.05, 0.1) is 0 Å². The molecule has 0 saturated carbocycles. The zero-order valence-corrected chi connectivity index (χ0v) is 17.3. The highest BCUT2D eigenvalue weighted by Gasteiger charge is 2.15. The number of hydrogen-bond acceptors (Lipinski definition) is 2. The van der Waals surface area contributed by atoms with E-state index in [-0.39, 0.29) is 5.41 Å². The van der Waals surface area contributed by atoms with E-state index in [1.807, 2.05) is 36.4 Å². The molecule has 0 bridgehead atoms. The van der Waals surface area contributed by atoms with E-state index in [2.05, 4.69) is 58.0 Å². The Bertz CT molecular complexity index is 1040. The number of carboxylic acids is 1. The van der Waals surface area contributed by atoms with Crippen LogP contribution in [-0.2, 0) is 10.2 Å². The van der Waals surface area contributed by atoms with Crippen LogP contribution < -0.4 is 4.74 Å². The third-order valence-electron chi connectivity index (χ3n) is 4.73. The average Bonchev–Trinajstić information content (AvgIpc) is 2.67. The monoisotopic (exact) mass is 386 g/mol. The second-order valence-electron chi connectivity index (χ2n) is 8.17. The van der Waals surface area contributed by atoms with Gasteiger partial charge >= 0.3 is 5.97 Å². The van der Waals surface area contributed by atoms with Crippen molar-refractivity contribution in [3.63, 3.8) is 0 Å². The summed E-state index contributed by atoms with van der Waals surface area (Å²) in [5.74, 6) is 0.350. The van der Waals surface area contributed by atoms with E-state index in [0.717, 1.165) is 23.0 Å². The number of ether oxygens (including phenoxy) is 1. The zero-order valence-electron chi connectivity index (χ0n) is 17.3. The molecule has 3 aromatic rings. The third kappa shape index (κ3) is 5.35. The molecule has 0 spiro atoms. The van der Waals surface area contributed by atoms with Gasteiger partial charge < -0.3 is 9.84 Å². The second kappa shape index (κ2) is 8.36. The highest BCUT2D eigenvalue weighted by atomic mass is 16.5. The molecule has 148 valence electrons. The molecule has 0 heterocycles. The molecule has 0 unspecified atom stereocenters. The molecule has 0 aromatic heterocycles. The van der Waals surface area contributed by atoms with E-state index in [1.165, 1.54) is 11.1 Å². The number of carboxylic acid groups (broad SMARTS) is 1. The summed E-state index contributed by atoms with van der Waals surface area (Å²) in [4.78, 5) is 11.0. The molecule has 0 aliphatic heterocycles. The van der Waals surface area contributed by atoms with Gasteiger partial charge in [0.2, 0.25) is 0 Å². The Labute approximate surface area is 172 Å². The fraction of sp³-hybridized carbons (Fsp3) is 0.192. The Balaban J connectivity index is 2.02. The maximum Gasteiger partial charge on any atom is 0.328 e. The molecule has 0 fully saturated rings. The Morgan fingerprint density at radius 2 is 1.62 bits per heavy atom. The molecule has 3 heteroatoms. The molecule has 0 amide bonds. The van der Waals surface area contributed by atoms with Gasteiger partial charge in [0, 0.05) is 11.6 Å². The zero-order chi connectivity index (χ0) is 21.0. The first kappa shape index (κ1) is 20.4. The van der Waals surface area contributed by atoms with E-state index in [9.17, 15) is 4.79 Å². The standard InChI is InChI=1S/C26H26O3/c1-18-8-10-19(11-9-18)21-13-12-20(14-15-25(27)28)24(16-21)29-23-7-5-6-22(17-23)26(2,3)4/h5-17H,1-4H3,(H,27,28)/b15-14-. The molecule has 0 saturated heterocycles. The lowest BCUT2D eigenvalue weighted by Gasteiger charge is -2.20. The highest BCUT2D eigenvalue weighted by Crippen LogP contribution is 2.33. The molecule has 3 rings (SSSR count). The fourth-order valence-corrected chi connectivity index (χ4v) is 3.00. The van der Waals surface area contributed by atoms with Gasteiger partial charge in [0.15, 0.2) is 0 Å². The van der Waals surface area contributed by atoms with Crippen LogP contribution >= 0.6 is 0 Å². The van der Waals surface area contributed by atoms with Gasteiger partial charge in [-0.15, -0.1) is 0 Å². The van der Waals surface area contributed by atoms with E-state index >= 15 is 0 Å². The third-order valence-corrected chi connectivity index (χ3v) is 4.73. The number of hydrogen-bond donors (Lipinski definition) is 1. The van der Waals surface area contributed by atoms with Crippen LogP contribution in [0.3, 0.4) is 0 Å². The lowest BCUT2D eigenvalue weighted by atomic mass is 9.87. The van der Waals surface area contributed by atoms with Gasteiger partial charge in [-0.25, -0.2) is 4.79 Å².